The van der Waals surface area contributed by atoms with Gasteiger partial charge < -0.3 is 9.84 Å². The second kappa shape index (κ2) is 5.37. The molecule has 0 radical (unpaired) electrons. The number of rotatable bonds is 6. The minimum Gasteiger partial charge on any atom is -0.391 e. The van der Waals surface area contributed by atoms with Gasteiger partial charge in [0.25, 0.3) is 5.92 Å². The summed E-state index contributed by atoms with van der Waals surface area (Å²) in [4.78, 5) is 0. The molecule has 2 nitrogen and oxygen atoms in total. The Labute approximate surface area is 69.3 Å². The molecule has 12 heavy (non-hydrogen) atoms. The van der Waals surface area contributed by atoms with Crippen LogP contribution in [0.25, 0.3) is 0 Å². The first kappa shape index (κ1) is 11.7. The SMILES string of the molecule is CCC(O)COCC(F)(F)CF. The fraction of sp³-hybridized carbons (Fsp3) is 1.00. The Balaban J connectivity index is 3.42. The van der Waals surface area contributed by atoms with Crippen LogP contribution in [-0.4, -0.2) is 37.0 Å². The highest BCUT2D eigenvalue weighted by atomic mass is 19.3. The van der Waals surface area contributed by atoms with Gasteiger partial charge in [-0.1, -0.05) is 6.92 Å². The number of hydrogen-bond donors (Lipinski definition) is 1. The van der Waals surface area contributed by atoms with Crippen molar-refractivity contribution in [1.82, 2.24) is 0 Å². The van der Waals surface area contributed by atoms with E-state index in [1.165, 1.54) is 0 Å². The lowest BCUT2D eigenvalue weighted by Crippen LogP contribution is -2.28. The molecule has 0 saturated heterocycles. The number of aliphatic hydroxyl groups excluding tert-OH is 1. The van der Waals surface area contributed by atoms with Crippen molar-refractivity contribution in [3.63, 3.8) is 0 Å². The molecule has 0 aliphatic carbocycles. The highest BCUT2D eigenvalue weighted by Crippen LogP contribution is 2.14. The van der Waals surface area contributed by atoms with Crippen LogP contribution < -0.4 is 0 Å². The zero-order valence-corrected chi connectivity index (χ0v) is 6.90. The monoisotopic (exact) mass is 186 g/mol. The van der Waals surface area contributed by atoms with Crippen molar-refractivity contribution in [3.8, 4) is 0 Å². The van der Waals surface area contributed by atoms with Gasteiger partial charge in [-0.05, 0) is 6.42 Å². The predicted molar refractivity (Wildman–Crippen MR) is 38.0 cm³/mol. The lowest BCUT2D eigenvalue weighted by atomic mass is 10.3. The van der Waals surface area contributed by atoms with E-state index in [4.69, 9.17) is 5.11 Å². The highest BCUT2D eigenvalue weighted by Gasteiger charge is 2.29. The van der Waals surface area contributed by atoms with Crippen molar-refractivity contribution in [3.05, 3.63) is 0 Å². The molecule has 0 heterocycles. The molecule has 0 aromatic heterocycles. The molecule has 5 heteroatoms. The Hall–Kier alpha value is -0.290. The van der Waals surface area contributed by atoms with Gasteiger partial charge >= 0.3 is 0 Å². The third kappa shape index (κ3) is 5.37. The van der Waals surface area contributed by atoms with Gasteiger partial charge in [0.15, 0.2) is 6.67 Å². The fourth-order valence-corrected chi connectivity index (χ4v) is 0.501. The van der Waals surface area contributed by atoms with Crippen molar-refractivity contribution in [2.24, 2.45) is 0 Å². The van der Waals surface area contributed by atoms with E-state index in [0.717, 1.165) is 0 Å². The standard InChI is InChI=1S/C7H13F3O2/c1-2-6(11)3-12-5-7(9,10)4-8/h6,11H,2-5H2,1H3. The molecule has 0 spiro atoms. The molecule has 1 N–H and O–H groups in total. The van der Waals surface area contributed by atoms with Crippen LogP contribution in [0.1, 0.15) is 13.3 Å². The third-order valence-electron chi connectivity index (χ3n) is 1.29. The molecule has 0 saturated carbocycles. The van der Waals surface area contributed by atoms with Gasteiger partial charge in [-0.2, -0.15) is 0 Å². The maximum atomic E-state index is 12.1. The smallest absolute Gasteiger partial charge is 0.298 e. The van der Waals surface area contributed by atoms with E-state index in [1.807, 2.05) is 0 Å². The van der Waals surface area contributed by atoms with E-state index in [9.17, 15) is 13.2 Å². The van der Waals surface area contributed by atoms with Crippen molar-refractivity contribution in [1.29, 1.82) is 0 Å². The molecule has 0 aromatic carbocycles. The first-order valence-electron chi connectivity index (χ1n) is 3.71. The number of hydrogen-bond acceptors (Lipinski definition) is 2. The van der Waals surface area contributed by atoms with Crippen LogP contribution >= 0.6 is 0 Å². The third-order valence-corrected chi connectivity index (χ3v) is 1.29. The van der Waals surface area contributed by atoms with Crippen LogP contribution in [0.5, 0.6) is 0 Å². The van der Waals surface area contributed by atoms with Crippen LogP contribution in [0.4, 0.5) is 13.2 Å². The van der Waals surface area contributed by atoms with E-state index in [1.54, 1.807) is 6.92 Å². The predicted octanol–water partition coefficient (Wildman–Crippen LogP) is 1.38. The van der Waals surface area contributed by atoms with Crippen molar-refractivity contribution < 1.29 is 23.0 Å². The summed E-state index contributed by atoms with van der Waals surface area (Å²) in [6, 6.07) is 0. The Morgan fingerprint density at radius 2 is 2.08 bits per heavy atom. The summed E-state index contributed by atoms with van der Waals surface area (Å²) in [6.45, 7) is -1.18. The van der Waals surface area contributed by atoms with E-state index in [-0.39, 0.29) is 6.61 Å². The number of aliphatic hydroxyl groups is 1. The van der Waals surface area contributed by atoms with Gasteiger partial charge in [-0.3, -0.25) is 0 Å². The Bertz CT molecular complexity index is 119. The quantitative estimate of drug-likeness (QED) is 0.679. The minimum absolute atomic E-state index is 0.175. The molecular weight excluding hydrogens is 173 g/mol. The average Bonchev–Trinajstić information content (AvgIpc) is 2.04. The molecule has 1 unspecified atom stereocenters. The lowest BCUT2D eigenvalue weighted by Gasteiger charge is -2.13. The number of halogens is 3. The van der Waals surface area contributed by atoms with Crippen molar-refractivity contribution in [2.75, 3.05) is 19.9 Å². The van der Waals surface area contributed by atoms with Crippen LogP contribution in [-0.2, 0) is 4.74 Å². The maximum Gasteiger partial charge on any atom is 0.298 e. The first-order valence-corrected chi connectivity index (χ1v) is 3.71. The molecule has 0 amide bonds. The average molecular weight is 186 g/mol. The summed E-state index contributed by atoms with van der Waals surface area (Å²) in [5.41, 5.74) is 0. The molecule has 0 aliphatic rings. The largest absolute Gasteiger partial charge is 0.391 e. The van der Waals surface area contributed by atoms with Crippen LogP contribution in [0.15, 0.2) is 0 Å². The Kier molecular flexibility index (Phi) is 5.24. The van der Waals surface area contributed by atoms with E-state index < -0.39 is 25.3 Å². The van der Waals surface area contributed by atoms with Gasteiger partial charge in [0.05, 0.1) is 12.7 Å². The summed E-state index contributed by atoms with van der Waals surface area (Å²) in [7, 11) is 0. The van der Waals surface area contributed by atoms with Crippen LogP contribution in [0, 0.1) is 0 Å². The molecule has 0 rings (SSSR count). The van der Waals surface area contributed by atoms with Gasteiger partial charge in [0.2, 0.25) is 0 Å². The summed E-state index contributed by atoms with van der Waals surface area (Å²) in [5.74, 6) is -3.42. The molecule has 1 atom stereocenters. The van der Waals surface area contributed by atoms with Gasteiger partial charge in [0, 0.05) is 0 Å². The fourth-order valence-electron chi connectivity index (χ4n) is 0.501. The second-order valence-corrected chi connectivity index (χ2v) is 2.57. The molecule has 0 bridgehead atoms. The highest BCUT2D eigenvalue weighted by molar-refractivity contribution is 4.63. The van der Waals surface area contributed by atoms with Crippen molar-refractivity contribution in [2.45, 2.75) is 25.4 Å². The van der Waals surface area contributed by atoms with E-state index >= 15 is 0 Å². The van der Waals surface area contributed by atoms with Gasteiger partial charge in [-0.15, -0.1) is 0 Å². The normalized spacial score (nSPS) is 14.8. The minimum atomic E-state index is -3.42. The zero-order valence-electron chi connectivity index (χ0n) is 6.90. The van der Waals surface area contributed by atoms with Gasteiger partial charge in [-0.25, -0.2) is 13.2 Å². The molecule has 0 aromatic rings. The topological polar surface area (TPSA) is 29.5 Å². The second-order valence-electron chi connectivity index (χ2n) is 2.57. The zero-order chi connectivity index (χ0) is 9.61. The van der Waals surface area contributed by atoms with Gasteiger partial charge in [0.1, 0.15) is 6.61 Å². The Morgan fingerprint density at radius 1 is 1.50 bits per heavy atom. The summed E-state index contributed by atoms with van der Waals surface area (Å²) < 4.78 is 40.1. The maximum absolute atomic E-state index is 12.1. The van der Waals surface area contributed by atoms with E-state index in [2.05, 4.69) is 4.74 Å². The van der Waals surface area contributed by atoms with Crippen LogP contribution in [0.2, 0.25) is 0 Å². The van der Waals surface area contributed by atoms with Crippen LogP contribution in [0.3, 0.4) is 0 Å². The summed E-state index contributed by atoms with van der Waals surface area (Å²) >= 11 is 0. The number of alkyl halides is 3. The first-order chi connectivity index (χ1) is 5.52. The number of ether oxygens (including phenoxy) is 1. The van der Waals surface area contributed by atoms with Crippen molar-refractivity contribution >= 4 is 0 Å². The molecule has 0 fully saturated rings. The lowest BCUT2D eigenvalue weighted by molar-refractivity contribution is -0.102. The molecule has 74 valence electrons. The summed E-state index contributed by atoms with van der Waals surface area (Å²) in [6.07, 6.45) is -0.318. The Morgan fingerprint density at radius 3 is 2.50 bits per heavy atom. The summed E-state index contributed by atoms with van der Waals surface area (Å²) in [5, 5.41) is 8.86. The molecular formula is C7H13F3O2. The van der Waals surface area contributed by atoms with E-state index in [0.29, 0.717) is 6.42 Å². The molecule has 0 aliphatic heterocycles.